The summed E-state index contributed by atoms with van der Waals surface area (Å²) in [5.74, 6) is 0. The quantitative estimate of drug-likeness (QED) is 0.697. The van der Waals surface area contributed by atoms with E-state index >= 15 is 0 Å². The highest BCUT2D eigenvalue weighted by Gasteiger charge is 2.03. The minimum absolute atomic E-state index is 0.793. The summed E-state index contributed by atoms with van der Waals surface area (Å²) in [5.41, 5.74) is 0. The van der Waals surface area contributed by atoms with Crippen LogP contribution in [0.4, 0.5) is 0 Å². The standard InChI is InChI=1S/C10H8OS2.C2H6/c1-7-2-4-9(12-7)10-5-3-8(6-11)13-10;1-2/h2-6H,1H3;1-2H3. The molecule has 0 fully saturated rings. The van der Waals surface area contributed by atoms with Crippen LogP contribution in [-0.2, 0) is 0 Å². The molecule has 15 heavy (non-hydrogen) atoms. The van der Waals surface area contributed by atoms with Crippen molar-refractivity contribution in [3.05, 3.63) is 34.0 Å². The zero-order valence-electron chi connectivity index (χ0n) is 9.11. The molecule has 0 aliphatic carbocycles. The van der Waals surface area contributed by atoms with Crippen LogP contribution in [0.2, 0.25) is 0 Å². The third-order valence-electron chi connectivity index (χ3n) is 1.73. The van der Waals surface area contributed by atoms with Crippen molar-refractivity contribution >= 4 is 29.0 Å². The molecule has 0 spiro atoms. The largest absolute Gasteiger partial charge is 0.297 e. The Morgan fingerprint density at radius 2 is 1.60 bits per heavy atom. The molecule has 2 rings (SSSR count). The molecule has 2 aromatic rings. The fourth-order valence-corrected chi connectivity index (χ4v) is 2.90. The second-order valence-electron chi connectivity index (χ2n) is 2.73. The van der Waals surface area contributed by atoms with E-state index < -0.39 is 0 Å². The van der Waals surface area contributed by atoms with Gasteiger partial charge in [-0.3, -0.25) is 4.79 Å². The first-order chi connectivity index (χ1) is 7.29. The molecule has 2 heterocycles. The lowest BCUT2D eigenvalue weighted by molar-refractivity contribution is 0.112. The summed E-state index contributed by atoms with van der Waals surface area (Å²) in [4.78, 5) is 15.0. The summed E-state index contributed by atoms with van der Waals surface area (Å²) in [6.45, 7) is 6.09. The Balaban J connectivity index is 0.000000531. The lowest BCUT2D eigenvalue weighted by atomic mass is 10.3. The van der Waals surface area contributed by atoms with Gasteiger partial charge in [-0.1, -0.05) is 13.8 Å². The molecular weight excluding hydrogens is 224 g/mol. The molecule has 0 saturated heterocycles. The topological polar surface area (TPSA) is 17.1 Å². The van der Waals surface area contributed by atoms with E-state index in [-0.39, 0.29) is 0 Å². The van der Waals surface area contributed by atoms with Gasteiger partial charge in [-0.25, -0.2) is 0 Å². The first kappa shape index (κ1) is 12.1. The Morgan fingerprint density at radius 1 is 1.00 bits per heavy atom. The highest BCUT2D eigenvalue weighted by atomic mass is 32.1. The molecule has 0 N–H and O–H groups in total. The van der Waals surface area contributed by atoms with Crippen molar-refractivity contribution in [2.24, 2.45) is 0 Å². The summed E-state index contributed by atoms with van der Waals surface area (Å²) in [6, 6.07) is 8.06. The van der Waals surface area contributed by atoms with Crippen LogP contribution in [0.1, 0.15) is 28.4 Å². The van der Waals surface area contributed by atoms with Gasteiger partial charge in [0, 0.05) is 14.6 Å². The molecular formula is C12H14OS2. The number of hydrogen-bond donors (Lipinski definition) is 0. The number of carbonyl (C=O) groups excluding carboxylic acids is 1. The van der Waals surface area contributed by atoms with Gasteiger partial charge < -0.3 is 0 Å². The number of aryl methyl sites for hydroxylation is 1. The second-order valence-corrected chi connectivity index (χ2v) is 5.13. The van der Waals surface area contributed by atoms with Crippen molar-refractivity contribution in [1.82, 2.24) is 0 Å². The van der Waals surface area contributed by atoms with Gasteiger partial charge in [0.2, 0.25) is 0 Å². The number of hydrogen-bond acceptors (Lipinski definition) is 3. The van der Waals surface area contributed by atoms with Crippen molar-refractivity contribution in [1.29, 1.82) is 0 Å². The normalized spacial score (nSPS) is 9.27. The Labute approximate surface area is 98.4 Å². The highest BCUT2D eigenvalue weighted by molar-refractivity contribution is 7.22. The van der Waals surface area contributed by atoms with Crippen molar-refractivity contribution in [2.75, 3.05) is 0 Å². The van der Waals surface area contributed by atoms with E-state index in [1.54, 1.807) is 22.7 Å². The molecule has 0 unspecified atom stereocenters. The smallest absolute Gasteiger partial charge is 0.160 e. The summed E-state index contributed by atoms with van der Waals surface area (Å²) in [7, 11) is 0. The molecule has 0 aromatic carbocycles. The molecule has 0 amide bonds. The Bertz CT molecular complexity index is 426. The zero-order valence-corrected chi connectivity index (χ0v) is 10.7. The molecule has 0 atom stereocenters. The minimum atomic E-state index is 0.793. The van der Waals surface area contributed by atoms with Crippen LogP contribution in [0.3, 0.4) is 0 Å². The lowest BCUT2D eigenvalue weighted by Crippen LogP contribution is -1.62. The molecule has 0 radical (unpaired) electrons. The third kappa shape index (κ3) is 3.01. The Morgan fingerprint density at radius 3 is 2.07 bits per heavy atom. The molecule has 80 valence electrons. The average Bonchev–Trinajstić information content (AvgIpc) is 2.88. The van der Waals surface area contributed by atoms with Crippen molar-refractivity contribution in [3.8, 4) is 9.75 Å². The lowest BCUT2D eigenvalue weighted by Gasteiger charge is -1.86. The minimum Gasteiger partial charge on any atom is -0.297 e. The van der Waals surface area contributed by atoms with Gasteiger partial charge in [0.05, 0.1) is 4.88 Å². The number of thiophene rings is 2. The number of rotatable bonds is 2. The SMILES string of the molecule is CC.Cc1ccc(-c2ccc(C=O)s2)s1. The fraction of sp³-hybridized carbons (Fsp3) is 0.250. The molecule has 0 bridgehead atoms. The van der Waals surface area contributed by atoms with E-state index in [4.69, 9.17) is 0 Å². The molecule has 0 aliphatic heterocycles. The van der Waals surface area contributed by atoms with Crippen molar-refractivity contribution in [3.63, 3.8) is 0 Å². The highest BCUT2D eigenvalue weighted by Crippen LogP contribution is 2.32. The van der Waals surface area contributed by atoms with Gasteiger partial charge >= 0.3 is 0 Å². The van der Waals surface area contributed by atoms with Gasteiger partial charge in [0.25, 0.3) is 0 Å². The van der Waals surface area contributed by atoms with Crippen LogP contribution in [0.25, 0.3) is 9.75 Å². The van der Waals surface area contributed by atoms with E-state index in [9.17, 15) is 4.79 Å². The summed E-state index contributed by atoms with van der Waals surface area (Å²) in [6.07, 6.45) is 0.897. The summed E-state index contributed by atoms with van der Waals surface area (Å²) < 4.78 is 0. The van der Waals surface area contributed by atoms with Crippen LogP contribution in [0.15, 0.2) is 24.3 Å². The molecule has 0 saturated carbocycles. The van der Waals surface area contributed by atoms with Crippen LogP contribution in [-0.4, -0.2) is 6.29 Å². The van der Waals surface area contributed by atoms with Gasteiger partial charge in [-0.15, -0.1) is 22.7 Å². The van der Waals surface area contributed by atoms with E-state index in [1.165, 1.54) is 14.6 Å². The molecule has 1 nitrogen and oxygen atoms in total. The number of aldehydes is 1. The first-order valence-corrected chi connectivity index (χ1v) is 6.55. The molecule has 2 aromatic heterocycles. The van der Waals surface area contributed by atoms with E-state index in [1.807, 2.05) is 26.0 Å². The van der Waals surface area contributed by atoms with Crippen molar-refractivity contribution < 1.29 is 4.79 Å². The first-order valence-electron chi connectivity index (χ1n) is 4.91. The molecule has 3 heteroatoms. The second kappa shape index (κ2) is 5.83. The average molecular weight is 238 g/mol. The number of carbonyl (C=O) groups is 1. The predicted octanol–water partition coefficient (Wildman–Crippen LogP) is 4.62. The summed E-state index contributed by atoms with van der Waals surface area (Å²) in [5, 5.41) is 0. The zero-order chi connectivity index (χ0) is 11.3. The van der Waals surface area contributed by atoms with Crippen LogP contribution in [0, 0.1) is 6.92 Å². The maximum Gasteiger partial charge on any atom is 0.160 e. The summed E-state index contributed by atoms with van der Waals surface area (Å²) >= 11 is 3.30. The van der Waals surface area contributed by atoms with Crippen molar-refractivity contribution in [2.45, 2.75) is 20.8 Å². The Hall–Kier alpha value is -0.930. The fourth-order valence-electron chi connectivity index (χ4n) is 1.12. The Kier molecular flexibility index (Phi) is 4.72. The maximum atomic E-state index is 10.5. The van der Waals surface area contributed by atoms with Gasteiger partial charge in [-0.05, 0) is 31.2 Å². The van der Waals surface area contributed by atoms with E-state index in [0.717, 1.165) is 11.2 Å². The van der Waals surface area contributed by atoms with E-state index in [0.29, 0.717) is 0 Å². The van der Waals surface area contributed by atoms with Gasteiger partial charge in [-0.2, -0.15) is 0 Å². The van der Waals surface area contributed by atoms with Gasteiger partial charge in [0.1, 0.15) is 0 Å². The predicted molar refractivity (Wildman–Crippen MR) is 69.1 cm³/mol. The van der Waals surface area contributed by atoms with Gasteiger partial charge in [0.15, 0.2) is 6.29 Å². The van der Waals surface area contributed by atoms with Crippen LogP contribution in [0.5, 0.6) is 0 Å². The van der Waals surface area contributed by atoms with E-state index in [2.05, 4.69) is 19.1 Å². The monoisotopic (exact) mass is 238 g/mol. The maximum absolute atomic E-state index is 10.5. The van der Waals surface area contributed by atoms with Crippen LogP contribution < -0.4 is 0 Å². The third-order valence-corrected chi connectivity index (χ3v) is 3.93. The van der Waals surface area contributed by atoms with Crippen LogP contribution >= 0.6 is 22.7 Å². The molecule has 0 aliphatic rings.